The summed E-state index contributed by atoms with van der Waals surface area (Å²) in [5, 5.41) is 20.9. The largest absolute Gasteiger partial charge is 0.428 e. The number of anilines is 6. The molecule has 22 heteroatoms. The first-order valence-electron chi connectivity index (χ1n) is 31.4. The van der Waals surface area contributed by atoms with Crippen LogP contribution in [0.15, 0.2) is 84.9 Å². The number of nitrogens with zero attached hydrogens (tertiary/aromatic N) is 4. The number of carbonyl (C=O) groups is 6. The first-order valence-corrected chi connectivity index (χ1v) is 34.0. The summed E-state index contributed by atoms with van der Waals surface area (Å²) in [4.78, 5) is 83.3. The van der Waals surface area contributed by atoms with Gasteiger partial charge in [-0.25, -0.2) is 19.2 Å². The topological polar surface area (TPSA) is 247 Å². The number of nitrogens with one attached hydrogen (secondary N) is 4. The fourth-order valence-corrected chi connectivity index (χ4v) is 10.2. The number of benzene rings is 4. The van der Waals surface area contributed by atoms with Crippen LogP contribution in [0.1, 0.15) is 142 Å². The third kappa shape index (κ3) is 30.0. The lowest BCUT2D eigenvalue weighted by atomic mass is 9.92. The van der Waals surface area contributed by atoms with Gasteiger partial charge in [0.25, 0.3) is 0 Å². The van der Waals surface area contributed by atoms with Crippen LogP contribution in [0.3, 0.4) is 0 Å². The van der Waals surface area contributed by atoms with Crippen LogP contribution in [0.4, 0.5) is 53.3 Å². The maximum atomic E-state index is 13.2. The molecular formula is C68H105N8O13P. The molecule has 500 valence electrons. The number of hydrogen-bond acceptors (Lipinski definition) is 15. The minimum absolute atomic E-state index is 0.0336. The summed E-state index contributed by atoms with van der Waals surface area (Å²) >= 11 is 0. The van der Waals surface area contributed by atoms with E-state index < -0.39 is 45.1 Å². The smallest absolute Gasteiger partial charge is 0.412 e. The van der Waals surface area contributed by atoms with Gasteiger partial charge >= 0.3 is 36.2 Å². The molecule has 2 atom stereocenters. The zero-order valence-electron chi connectivity index (χ0n) is 56.4. The quantitative estimate of drug-likeness (QED) is 0.0126. The summed E-state index contributed by atoms with van der Waals surface area (Å²) < 4.78 is 37.4. The van der Waals surface area contributed by atoms with Crippen molar-refractivity contribution in [3.8, 4) is 0 Å². The van der Waals surface area contributed by atoms with E-state index in [4.69, 9.17) is 28.6 Å². The summed E-state index contributed by atoms with van der Waals surface area (Å²) in [5.74, 6) is 0.279. The van der Waals surface area contributed by atoms with Crippen molar-refractivity contribution in [2.45, 2.75) is 133 Å². The molecule has 0 bridgehead atoms. The highest BCUT2D eigenvalue weighted by Gasteiger charge is 2.24. The van der Waals surface area contributed by atoms with Gasteiger partial charge in [-0.2, -0.15) is 0 Å². The molecule has 0 aliphatic heterocycles. The highest BCUT2D eigenvalue weighted by molar-refractivity contribution is 7.57. The second kappa shape index (κ2) is 39.7. The zero-order valence-corrected chi connectivity index (χ0v) is 57.3. The standard InChI is InChI=1S/C35H55N4O7P.C33H50N4O6/c1-10-28(21-33(40)44-24-45-35(42)38(7)18-11-19-46-47(8,9)43)29-14-17-32(39(22-25(2)3)23-26(4)5)31(20-29)37-34(41)36-30-15-12-27(6)13-16-30;1-8-26(19-31(39)42-22-43-33(41)36(7)16-9-17-38)27-12-15-30(37(20-23(2)3)21-24(4)5)29(18-27)35-32(40)34-28-13-10-25(6)11-14-28/h12-17,20,25-26,28H,10-11,18-19,21-24H2,1-9H3,(H2,36,37,41);10-15,18,23-24,26,38H,8-9,16-17,19-22H2,1-7H3,(H2,34,35,40)/t28-;26-/m00/s1. The fraction of sp³-hybridized carbons (Fsp3) is 0.559. The van der Waals surface area contributed by atoms with E-state index in [9.17, 15) is 33.3 Å². The SMILES string of the molecule is CC[C@@H](CC(=O)OCOC(=O)N(C)CCCO)c1ccc(N(CC(C)C)CC(C)C)c(NC(=O)Nc2ccc(C)cc2)c1.CC[C@@H](CC(=O)OCOC(=O)N(C)CCCOP(C)(C)=O)c1ccc(N(CC(C)C)CC(C)C)c(NC(=O)Nc2ccc(C)cc2)c1. The van der Waals surface area contributed by atoms with Crippen LogP contribution < -0.4 is 31.1 Å². The van der Waals surface area contributed by atoms with Crippen molar-refractivity contribution in [1.29, 1.82) is 0 Å². The molecule has 0 unspecified atom stereocenters. The van der Waals surface area contributed by atoms with Gasteiger partial charge in [0.05, 0.1) is 42.2 Å². The van der Waals surface area contributed by atoms with E-state index in [1.165, 1.54) is 23.1 Å². The normalized spacial score (nSPS) is 11.9. The lowest BCUT2D eigenvalue weighted by Gasteiger charge is -2.31. The Hall–Kier alpha value is -7.35. The number of ether oxygens (including phenoxy) is 4. The molecule has 4 aromatic rings. The van der Waals surface area contributed by atoms with Gasteiger partial charge in [0.2, 0.25) is 13.6 Å². The molecule has 0 aromatic heterocycles. The predicted molar refractivity (Wildman–Crippen MR) is 361 cm³/mol. The maximum Gasteiger partial charge on any atom is 0.412 e. The molecule has 0 aliphatic carbocycles. The maximum absolute atomic E-state index is 13.2. The van der Waals surface area contributed by atoms with E-state index in [0.29, 0.717) is 85.2 Å². The molecule has 0 radical (unpaired) electrons. The first-order chi connectivity index (χ1) is 42.5. The number of hydrogen-bond donors (Lipinski definition) is 5. The molecule has 0 saturated heterocycles. The molecule has 90 heavy (non-hydrogen) atoms. The molecule has 5 N–H and O–H groups in total. The molecule has 0 saturated carbocycles. The summed E-state index contributed by atoms with van der Waals surface area (Å²) in [6.45, 7) is 31.6. The van der Waals surface area contributed by atoms with Crippen molar-refractivity contribution in [1.82, 2.24) is 9.80 Å². The van der Waals surface area contributed by atoms with Crippen molar-refractivity contribution in [3.05, 3.63) is 107 Å². The number of urea groups is 2. The lowest BCUT2D eigenvalue weighted by Crippen LogP contribution is -2.32. The molecule has 21 nitrogen and oxygen atoms in total. The van der Waals surface area contributed by atoms with Crippen LogP contribution in [0, 0.1) is 37.5 Å². The Labute approximate surface area is 536 Å². The Morgan fingerprint density at radius 3 is 1.19 bits per heavy atom. The van der Waals surface area contributed by atoms with Gasteiger partial charge < -0.3 is 69.4 Å². The number of carbonyl (C=O) groups excluding carboxylic acids is 6. The van der Waals surface area contributed by atoms with E-state index in [1.807, 2.05) is 113 Å². The van der Waals surface area contributed by atoms with Crippen molar-refractivity contribution in [2.24, 2.45) is 23.7 Å². The van der Waals surface area contributed by atoms with Crippen LogP contribution in [0.5, 0.6) is 0 Å². The van der Waals surface area contributed by atoms with E-state index in [0.717, 1.165) is 59.8 Å². The first kappa shape index (κ1) is 76.9. The summed E-state index contributed by atoms with van der Waals surface area (Å²) in [5.41, 5.74) is 8.50. The predicted octanol–water partition coefficient (Wildman–Crippen LogP) is 14.7. The molecule has 0 fully saturated rings. The molecule has 0 heterocycles. The highest BCUT2D eigenvalue weighted by Crippen LogP contribution is 2.38. The number of aliphatic hydroxyl groups is 1. The summed E-state index contributed by atoms with van der Waals surface area (Å²) in [6, 6.07) is 26.4. The second-order valence-electron chi connectivity index (χ2n) is 24.9. The number of esters is 2. The Kier molecular flexibility index (Phi) is 33.9. The van der Waals surface area contributed by atoms with Crippen LogP contribution >= 0.6 is 7.37 Å². The highest BCUT2D eigenvalue weighted by atomic mass is 31.2. The van der Waals surface area contributed by atoms with E-state index in [-0.39, 0.29) is 50.0 Å². The van der Waals surface area contributed by atoms with Crippen LogP contribution in [0.25, 0.3) is 0 Å². The second-order valence-corrected chi connectivity index (χ2v) is 27.7. The number of aryl methyl sites for hydroxylation is 2. The van der Waals surface area contributed by atoms with Gasteiger partial charge in [0, 0.05) is 84.7 Å². The van der Waals surface area contributed by atoms with E-state index in [2.05, 4.69) is 86.5 Å². The third-order valence-electron chi connectivity index (χ3n) is 14.1. The van der Waals surface area contributed by atoms with Crippen molar-refractivity contribution in [2.75, 3.05) is 125 Å². The van der Waals surface area contributed by atoms with E-state index in [1.54, 1.807) is 14.1 Å². The van der Waals surface area contributed by atoms with Crippen molar-refractivity contribution in [3.63, 3.8) is 0 Å². The lowest BCUT2D eigenvalue weighted by molar-refractivity contribution is -0.154. The van der Waals surface area contributed by atoms with Gasteiger partial charge in [-0.05, 0) is 135 Å². The zero-order chi connectivity index (χ0) is 67.1. The van der Waals surface area contributed by atoms with Gasteiger partial charge in [-0.3, -0.25) is 14.2 Å². The van der Waals surface area contributed by atoms with Crippen molar-refractivity contribution < 1.29 is 61.9 Å². The number of rotatable bonds is 34. The minimum Gasteiger partial charge on any atom is -0.428 e. The minimum atomic E-state index is -2.57. The third-order valence-corrected chi connectivity index (χ3v) is 14.9. The molecular weight excluding hydrogens is 1170 g/mol. The number of amides is 6. The van der Waals surface area contributed by atoms with Gasteiger partial charge in [-0.1, -0.05) is 117 Å². The van der Waals surface area contributed by atoms with Crippen LogP contribution in [-0.2, 0) is 37.6 Å². The summed E-state index contributed by atoms with van der Waals surface area (Å²) in [7, 11) is 0.540. The molecule has 0 aliphatic rings. The Balaban J connectivity index is 0.000000472. The monoisotopic (exact) mass is 1270 g/mol. The van der Waals surface area contributed by atoms with Crippen LogP contribution in [0.2, 0.25) is 0 Å². The van der Waals surface area contributed by atoms with Gasteiger partial charge in [0.15, 0.2) is 7.37 Å². The van der Waals surface area contributed by atoms with Gasteiger partial charge in [-0.15, -0.1) is 0 Å². The van der Waals surface area contributed by atoms with Gasteiger partial charge in [0.1, 0.15) is 0 Å². The molecule has 4 aromatic carbocycles. The van der Waals surface area contributed by atoms with Crippen molar-refractivity contribution >= 4 is 77.7 Å². The molecule has 0 spiro atoms. The Morgan fingerprint density at radius 1 is 0.511 bits per heavy atom. The Bertz CT molecular complexity index is 2880. The molecule has 4 rings (SSSR count). The Morgan fingerprint density at radius 2 is 0.867 bits per heavy atom. The average Bonchev–Trinajstić information content (AvgIpc) is 1.19. The summed E-state index contributed by atoms with van der Waals surface area (Å²) in [6.07, 6.45) is 1.13. The average molecular weight is 1270 g/mol. The van der Waals surface area contributed by atoms with Crippen LogP contribution in [-0.4, -0.2) is 145 Å². The van der Waals surface area contributed by atoms with E-state index >= 15 is 0 Å². The number of aliphatic hydroxyl groups excluding tert-OH is 1. The molecule has 6 amide bonds. The fourth-order valence-electron chi connectivity index (χ4n) is 9.62.